The molecule has 0 unspecified atom stereocenters. The van der Waals surface area contributed by atoms with Crippen LogP contribution in [0.5, 0.6) is 0 Å². The predicted octanol–water partition coefficient (Wildman–Crippen LogP) is 3.68. The van der Waals surface area contributed by atoms with E-state index in [-0.39, 0.29) is 5.60 Å². The van der Waals surface area contributed by atoms with Gasteiger partial charge in [0.25, 0.3) is 0 Å². The van der Waals surface area contributed by atoms with E-state index in [0.29, 0.717) is 12.0 Å². The Balaban J connectivity index is 2.56. The van der Waals surface area contributed by atoms with Gasteiger partial charge in [-0.1, -0.05) is 17.7 Å². The summed E-state index contributed by atoms with van der Waals surface area (Å²) in [5.41, 5.74) is 3.09. The minimum Gasteiger partial charge on any atom is -0.379 e. The van der Waals surface area contributed by atoms with E-state index in [9.17, 15) is 4.79 Å². The van der Waals surface area contributed by atoms with Crippen LogP contribution < -0.4 is 0 Å². The second kappa shape index (κ2) is 6.86. The lowest BCUT2D eigenvalue weighted by Gasteiger charge is -2.21. The summed E-state index contributed by atoms with van der Waals surface area (Å²) in [6.07, 6.45) is 0.517. The van der Waals surface area contributed by atoms with Gasteiger partial charge in [-0.05, 0) is 45.7 Å². The van der Waals surface area contributed by atoms with E-state index < -0.39 is 5.97 Å². The third-order valence-electron chi connectivity index (χ3n) is 3.20. The fourth-order valence-electron chi connectivity index (χ4n) is 1.94. The Kier molecular flexibility index (Phi) is 5.72. The summed E-state index contributed by atoms with van der Waals surface area (Å²) in [6, 6.07) is 3.89. The molecular formula is C16H23O4. The van der Waals surface area contributed by atoms with Crippen LogP contribution in [0.2, 0.25) is 0 Å². The van der Waals surface area contributed by atoms with Crippen molar-refractivity contribution < 1.29 is 19.3 Å². The average molecular weight is 279 g/mol. The molecule has 0 N–H and O–H groups in total. The first-order chi connectivity index (χ1) is 9.26. The molecule has 4 nitrogen and oxygen atoms in total. The van der Waals surface area contributed by atoms with Crippen LogP contribution in [0.3, 0.4) is 0 Å². The summed E-state index contributed by atoms with van der Waals surface area (Å²) in [6.45, 7) is 11.0. The lowest BCUT2D eigenvalue weighted by Crippen LogP contribution is -2.23. The summed E-state index contributed by atoms with van der Waals surface area (Å²) in [7, 11) is 1.62. The first-order valence-electron chi connectivity index (χ1n) is 6.59. The standard InChI is InChI=1S/C16H23O4/c1-11-9-12(2)14(13(3)10-11)15(17)20-19-8-7-16(4,5)18-6/h8-10H,7H2,1-6H3. The van der Waals surface area contributed by atoms with E-state index in [1.807, 2.05) is 46.8 Å². The van der Waals surface area contributed by atoms with Gasteiger partial charge in [-0.15, -0.1) is 0 Å². The van der Waals surface area contributed by atoms with Gasteiger partial charge in [-0.2, -0.15) is 4.89 Å². The zero-order valence-corrected chi connectivity index (χ0v) is 13.1. The quantitative estimate of drug-likeness (QED) is 0.453. The minimum absolute atomic E-state index is 0.345. The van der Waals surface area contributed by atoms with Gasteiger partial charge in [0.2, 0.25) is 0 Å². The fourth-order valence-corrected chi connectivity index (χ4v) is 1.94. The SMILES string of the molecule is COC(C)(C)C[CH]OOC(=O)c1c(C)cc(C)cc1C. The number of benzene rings is 1. The maximum absolute atomic E-state index is 12.0. The Bertz CT molecular complexity index is 454. The summed E-state index contributed by atoms with van der Waals surface area (Å²) >= 11 is 0. The van der Waals surface area contributed by atoms with Gasteiger partial charge < -0.3 is 4.74 Å². The number of hydrogen-bond donors (Lipinski definition) is 0. The maximum atomic E-state index is 12.0. The lowest BCUT2D eigenvalue weighted by atomic mass is 10.0. The van der Waals surface area contributed by atoms with E-state index in [0.717, 1.165) is 16.7 Å². The number of carbonyl (C=O) groups is 1. The largest absolute Gasteiger partial charge is 0.379 e. The van der Waals surface area contributed by atoms with Crippen molar-refractivity contribution in [1.82, 2.24) is 0 Å². The third-order valence-corrected chi connectivity index (χ3v) is 3.20. The molecule has 4 heteroatoms. The lowest BCUT2D eigenvalue weighted by molar-refractivity contribution is -0.218. The third kappa shape index (κ3) is 4.62. The first-order valence-corrected chi connectivity index (χ1v) is 6.59. The Morgan fingerprint density at radius 1 is 1.20 bits per heavy atom. The molecule has 0 atom stereocenters. The van der Waals surface area contributed by atoms with E-state index >= 15 is 0 Å². The van der Waals surface area contributed by atoms with Gasteiger partial charge in [-0.25, -0.2) is 4.79 Å². The summed E-state index contributed by atoms with van der Waals surface area (Å²) in [5, 5.41) is 0. The molecule has 1 aromatic rings. The molecule has 0 spiro atoms. The monoisotopic (exact) mass is 279 g/mol. The van der Waals surface area contributed by atoms with Gasteiger partial charge in [-0.3, -0.25) is 4.89 Å². The van der Waals surface area contributed by atoms with Crippen LogP contribution >= 0.6 is 0 Å². The number of carbonyl (C=O) groups excluding carboxylic acids is 1. The highest BCUT2D eigenvalue weighted by molar-refractivity contribution is 5.92. The molecule has 0 aliphatic carbocycles. The normalized spacial score (nSPS) is 11.5. The molecule has 0 amide bonds. The smallest absolute Gasteiger partial charge is 0.373 e. The van der Waals surface area contributed by atoms with Crippen molar-refractivity contribution in [3.63, 3.8) is 0 Å². The molecule has 0 aromatic heterocycles. The number of aryl methyl sites for hydroxylation is 3. The highest BCUT2D eigenvalue weighted by atomic mass is 17.2. The highest BCUT2D eigenvalue weighted by Gasteiger charge is 2.19. The minimum atomic E-state index is -0.480. The number of ether oxygens (including phenoxy) is 1. The average Bonchev–Trinajstić information content (AvgIpc) is 2.33. The van der Waals surface area contributed by atoms with Gasteiger partial charge in [0, 0.05) is 13.5 Å². The second-order valence-corrected chi connectivity index (χ2v) is 5.58. The van der Waals surface area contributed by atoms with Crippen LogP contribution in [0.4, 0.5) is 0 Å². The van der Waals surface area contributed by atoms with Crippen molar-refractivity contribution >= 4 is 5.97 Å². The zero-order chi connectivity index (χ0) is 15.3. The molecule has 111 valence electrons. The van der Waals surface area contributed by atoms with Crippen LogP contribution in [-0.4, -0.2) is 18.7 Å². The van der Waals surface area contributed by atoms with Crippen molar-refractivity contribution in [3.8, 4) is 0 Å². The zero-order valence-electron chi connectivity index (χ0n) is 13.1. The Morgan fingerprint density at radius 3 is 2.25 bits per heavy atom. The maximum Gasteiger partial charge on any atom is 0.373 e. The fraction of sp³-hybridized carbons (Fsp3) is 0.500. The van der Waals surface area contributed by atoms with Crippen LogP contribution in [0.1, 0.15) is 47.3 Å². The summed E-state index contributed by atoms with van der Waals surface area (Å²) < 4.78 is 5.23. The summed E-state index contributed by atoms with van der Waals surface area (Å²) in [4.78, 5) is 21.7. The number of methoxy groups -OCH3 is 1. The molecule has 1 radical (unpaired) electrons. The van der Waals surface area contributed by atoms with Gasteiger partial charge in [0.1, 0.15) is 6.61 Å². The Labute approximate surface area is 121 Å². The molecule has 0 aliphatic rings. The molecule has 0 heterocycles. The molecular weight excluding hydrogens is 256 g/mol. The molecule has 20 heavy (non-hydrogen) atoms. The predicted molar refractivity (Wildman–Crippen MR) is 77.2 cm³/mol. The van der Waals surface area contributed by atoms with Crippen molar-refractivity contribution in [1.29, 1.82) is 0 Å². The highest BCUT2D eigenvalue weighted by Crippen LogP contribution is 2.19. The topological polar surface area (TPSA) is 44.8 Å². The van der Waals surface area contributed by atoms with E-state index in [1.165, 1.54) is 6.61 Å². The van der Waals surface area contributed by atoms with Gasteiger partial charge in [0.15, 0.2) is 0 Å². The molecule has 0 saturated carbocycles. The molecule has 0 fully saturated rings. The molecule has 1 aromatic carbocycles. The van der Waals surface area contributed by atoms with E-state index in [1.54, 1.807) is 7.11 Å². The van der Waals surface area contributed by atoms with Crippen molar-refractivity contribution in [3.05, 3.63) is 41.0 Å². The van der Waals surface area contributed by atoms with E-state index in [2.05, 4.69) is 0 Å². The van der Waals surface area contributed by atoms with Crippen LogP contribution in [0.15, 0.2) is 12.1 Å². The van der Waals surface area contributed by atoms with Crippen molar-refractivity contribution in [2.75, 3.05) is 7.11 Å². The Hall–Kier alpha value is -1.39. The van der Waals surface area contributed by atoms with Crippen molar-refractivity contribution in [2.45, 2.75) is 46.6 Å². The molecule has 0 bridgehead atoms. The van der Waals surface area contributed by atoms with Crippen LogP contribution in [0, 0.1) is 27.4 Å². The van der Waals surface area contributed by atoms with Gasteiger partial charge in [0.05, 0.1) is 11.2 Å². The molecule has 0 aliphatic heterocycles. The van der Waals surface area contributed by atoms with Crippen LogP contribution in [0.25, 0.3) is 0 Å². The Morgan fingerprint density at radius 2 is 1.75 bits per heavy atom. The van der Waals surface area contributed by atoms with Gasteiger partial charge >= 0.3 is 5.97 Å². The second-order valence-electron chi connectivity index (χ2n) is 5.58. The summed E-state index contributed by atoms with van der Waals surface area (Å²) in [5.74, 6) is -0.480. The van der Waals surface area contributed by atoms with E-state index in [4.69, 9.17) is 14.5 Å². The molecule has 0 saturated heterocycles. The first kappa shape index (κ1) is 16.7. The molecule has 1 rings (SSSR count). The number of hydrogen-bond acceptors (Lipinski definition) is 4. The number of rotatable bonds is 6. The van der Waals surface area contributed by atoms with Crippen LogP contribution in [-0.2, 0) is 14.5 Å². The van der Waals surface area contributed by atoms with Crippen molar-refractivity contribution in [2.24, 2.45) is 0 Å².